The molecule has 0 fully saturated rings. The highest BCUT2D eigenvalue weighted by Crippen LogP contribution is 2.20. The molecule has 0 saturated heterocycles. The molecule has 0 spiro atoms. The minimum Gasteiger partial charge on any atom is -0.337 e. The second kappa shape index (κ2) is 5.42. The predicted octanol–water partition coefficient (Wildman–Crippen LogP) is 2.99. The molecule has 0 unspecified atom stereocenters. The summed E-state index contributed by atoms with van der Waals surface area (Å²) in [4.78, 5) is 13.7. The lowest BCUT2D eigenvalue weighted by molar-refractivity contribution is 0.0785. The van der Waals surface area contributed by atoms with Crippen LogP contribution in [0.3, 0.4) is 0 Å². The second-order valence-corrected chi connectivity index (χ2v) is 4.80. The molecule has 4 nitrogen and oxygen atoms in total. The molecule has 0 aliphatic heterocycles. The Labute approximate surface area is 115 Å². The van der Waals surface area contributed by atoms with Gasteiger partial charge in [0.15, 0.2) is 0 Å². The van der Waals surface area contributed by atoms with Gasteiger partial charge in [-0.25, -0.2) is 0 Å². The fourth-order valence-corrected chi connectivity index (χ4v) is 2.13. The van der Waals surface area contributed by atoms with Crippen LogP contribution in [-0.4, -0.2) is 28.1 Å². The Morgan fingerprint density at radius 1 is 1.33 bits per heavy atom. The summed E-state index contributed by atoms with van der Waals surface area (Å²) in [5.41, 5.74) is 1.40. The van der Waals surface area contributed by atoms with Crippen LogP contribution in [0.1, 0.15) is 15.9 Å². The van der Waals surface area contributed by atoms with Gasteiger partial charge in [-0.2, -0.15) is 5.10 Å². The number of rotatable bonds is 3. The lowest BCUT2D eigenvalue weighted by Gasteiger charge is -2.16. The molecule has 1 N–H and O–H groups in total. The van der Waals surface area contributed by atoms with E-state index >= 15 is 0 Å². The first-order valence-electron chi connectivity index (χ1n) is 5.25. The lowest BCUT2D eigenvalue weighted by Crippen LogP contribution is -2.26. The zero-order valence-electron chi connectivity index (χ0n) is 9.65. The fraction of sp³-hybridized carbons (Fsp3) is 0.167. The van der Waals surface area contributed by atoms with Crippen molar-refractivity contribution in [3.63, 3.8) is 0 Å². The number of carbonyl (C=O) groups excluding carboxylic acids is 1. The molecule has 2 aromatic rings. The Morgan fingerprint density at radius 3 is 2.56 bits per heavy atom. The number of benzene rings is 1. The van der Waals surface area contributed by atoms with Crippen LogP contribution in [-0.2, 0) is 6.54 Å². The number of halogens is 2. The summed E-state index contributed by atoms with van der Waals surface area (Å²) in [6.45, 7) is 0.472. The van der Waals surface area contributed by atoms with Gasteiger partial charge in [-0.1, -0.05) is 23.2 Å². The normalized spacial score (nSPS) is 10.4. The molecule has 0 atom stereocenters. The molecular weight excluding hydrogens is 273 g/mol. The van der Waals surface area contributed by atoms with Gasteiger partial charge in [-0.15, -0.1) is 0 Å². The zero-order valence-corrected chi connectivity index (χ0v) is 11.2. The van der Waals surface area contributed by atoms with Crippen LogP contribution in [0.2, 0.25) is 10.0 Å². The standard InChI is InChI=1S/C12H11Cl2N3O/c1-17(7-8-5-15-16-6-8)12(18)9-2-10(13)4-11(14)3-9/h2-6H,7H2,1H3,(H,15,16). The van der Waals surface area contributed by atoms with Crippen molar-refractivity contribution in [3.05, 3.63) is 51.8 Å². The number of carbonyl (C=O) groups is 1. The van der Waals surface area contributed by atoms with E-state index in [1.807, 2.05) is 0 Å². The Hall–Kier alpha value is -1.52. The first-order chi connectivity index (χ1) is 8.56. The zero-order chi connectivity index (χ0) is 13.1. The van der Waals surface area contributed by atoms with E-state index in [-0.39, 0.29) is 5.91 Å². The largest absolute Gasteiger partial charge is 0.337 e. The Balaban J connectivity index is 2.15. The van der Waals surface area contributed by atoms with Crippen LogP contribution in [0.25, 0.3) is 0 Å². The summed E-state index contributed by atoms with van der Waals surface area (Å²) in [5.74, 6) is -0.138. The van der Waals surface area contributed by atoms with E-state index in [4.69, 9.17) is 23.2 Å². The highest BCUT2D eigenvalue weighted by molar-refractivity contribution is 6.35. The molecule has 0 aliphatic rings. The number of nitrogens with one attached hydrogen (secondary N) is 1. The van der Waals surface area contributed by atoms with Crippen molar-refractivity contribution >= 4 is 29.1 Å². The third-order valence-corrected chi connectivity index (χ3v) is 2.87. The minimum atomic E-state index is -0.138. The van der Waals surface area contributed by atoms with Crippen molar-refractivity contribution < 1.29 is 4.79 Å². The number of nitrogens with zero attached hydrogens (tertiary/aromatic N) is 2. The van der Waals surface area contributed by atoms with Gasteiger partial charge in [-0.05, 0) is 18.2 Å². The van der Waals surface area contributed by atoms with Crippen molar-refractivity contribution in [3.8, 4) is 0 Å². The van der Waals surface area contributed by atoms with Crippen molar-refractivity contribution in [2.45, 2.75) is 6.54 Å². The van der Waals surface area contributed by atoms with Crippen molar-refractivity contribution in [1.29, 1.82) is 0 Å². The van der Waals surface area contributed by atoms with E-state index in [9.17, 15) is 4.79 Å². The monoisotopic (exact) mass is 283 g/mol. The van der Waals surface area contributed by atoms with Gasteiger partial charge in [0.05, 0.1) is 6.20 Å². The van der Waals surface area contributed by atoms with Gasteiger partial charge < -0.3 is 4.90 Å². The first-order valence-corrected chi connectivity index (χ1v) is 6.01. The molecule has 0 radical (unpaired) electrons. The van der Waals surface area contributed by atoms with E-state index < -0.39 is 0 Å². The van der Waals surface area contributed by atoms with Crippen LogP contribution in [0.5, 0.6) is 0 Å². The van der Waals surface area contributed by atoms with Gasteiger partial charge in [0, 0.05) is 41.0 Å². The summed E-state index contributed by atoms with van der Waals surface area (Å²) >= 11 is 11.7. The van der Waals surface area contributed by atoms with E-state index in [0.29, 0.717) is 22.2 Å². The molecule has 1 heterocycles. The van der Waals surface area contributed by atoms with Gasteiger partial charge in [0.25, 0.3) is 5.91 Å². The van der Waals surface area contributed by atoms with E-state index in [1.54, 1.807) is 42.5 Å². The molecular formula is C12H11Cl2N3O. The van der Waals surface area contributed by atoms with Gasteiger partial charge in [0.2, 0.25) is 0 Å². The van der Waals surface area contributed by atoms with Crippen molar-refractivity contribution in [2.24, 2.45) is 0 Å². The Morgan fingerprint density at radius 2 is 2.00 bits per heavy atom. The summed E-state index contributed by atoms with van der Waals surface area (Å²) in [5, 5.41) is 7.43. The number of hydrogen-bond donors (Lipinski definition) is 1. The lowest BCUT2D eigenvalue weighted by atomic mass is 10.2. The maximum atomic E-state index is 12.2. The molecule has 0 saturated carbocycles. The predicted molar refractivity (Wildman–Crippen MR) is 70.8 cm³/mol. The maximum absolute atomic E-state index is 12.2. The van der Waals surface area contributed by atoms with Gasteiger partial charge in [-0.3, -0.25) is 9.89 Å². The highest BCUT2D eigenvalue weighted by Gasteiger charge is 2.13. The molecule has 6 heteroatoms. The van der Waals surface area contributed by atoms with Crippen molar-refractivity contribution in [2.75, 3.05) is 7.05 Å². The minimum absolute atomic E-state index is 0.138. The second-order valence-electron chi connectivity index (χ2n) is 3.93. The van der Waals surface area contributed by atoms with E-state index in [2.05, 4.69) is 10.2 Å². The van der Waals surface area contributed by atoms with E-state index in [0.717, 1.165) is 5.56 Å². The van der Waals surface area contributed by atoms with Crippen molar-refractivity contribution in [1.82, 2.24) is 15.1 Å². The fourth-order valence-electron chi connectivity index (χ4n) is 1.61. The van der Waals surface area contributed by atoms with Crippen LogP contribution >= 0.6 is 23.2 Å². The number of H-pyrrole nitrogens is 1. The van der Waals surface area contributed by atoms with E-state index in [1.165, 1.54) is 0 Å². The molecule has 0 aliphatic carbocycles. The van der Waals surface area contributed by atoms with Crippen LogP contribution in [0, 0.1) is 0 Å². The number of amides is 1. The maximum Gasteiger partial charge on any atom is 0.254 e. The summed E-state index contributed by atoms with van der Waals surface area (Å²) in [7, 11) is 1.71. The SMILES string of the molecule is CN(Cc1cn[nH]c1)C(=O)c1cc(Cl)cc(Cl)c1. The van der Waals surface area contributed by atoms with Gasteiger partial charge in [0.1, 0.15) is 0 Å². The average Bonchev–Trinajstić information content (AvgIpc) is 2.79. The summed E-state index contributed by atoms with van der Waals surface area (Å²) < 4.78 is 0. The number of hydrogen-bond acceptors (Lipinski definition) is 2. The number of aromatic amines is 1. The Kier molecular flexibility index (Phi) is 3.89. The molecule has 94 valence electrons. The molecule has 1 amide bonds. The molecule has 0 bridgehead atoms. The smallest absolute Gasteiger partial charge is 0.254 e. The topological polar surface area (TPSA) is 49.0 Å². The molecule has 18 heavy (non-hydrogen) atoms. The van der Waals surface area contributed by atoms with Crippen LogP contribution in [0.15, 0.2) is 30.6 Å². The molecule has 2 rings (SSSR count). The summed E-state index contributed by atoms with van der Waals surface area (Å²) in [6.07, 6.45) is 3.42. The third-order valence-electron chi connectivity index (χ3n) is 2.43. The van der Waals surface area contributed by atoms with Gasteiger partial charge >= 0.3 is 0 Å². The highest BCUT2D eigenvalue weighted by atomic mass is 35.5. The molecule has 1 aromatic heterocycles. The number of aromatic nitrogens is 2. The van der Waals surface area contributed by atoms with Crippen LogP contribution < -0.4 is 0 Å². The quantitative estimate of drug-likeness (QED) is 0.942. The average molecular weight is 284 g/mol. The Bertz CT molecular complexity index is 534. The first kappa shape index (κ1) is 12.9. The van der Waals surface area contributed by atoms with Crippen LogP contribution in [0.4, 0.5) is 0 Å². The summed E-state index contributed by atoms with van der Waals surface area (Å²) in [6, 6.07) is 4.79. The molecule has 1 aromatic carbocycles. The third kappa shape index (κ3) is 3.03.